The lowest BCUT2D eigenvalue weighted by atomic mass is 9.46. The van der Waals surface area contributed by atoms with Crippen LogP contribution in [0.25, 0.3) is 0 Å². The van der Waals surface area contributed by atoms with Crippen LogP contribution in [0, 0.1) is 52.8 Å². The SMILES string of the molecule is C#C[C@@]1(O)CC[C@@H]2[C@@H]3CCC4=C/C(=N\OCC(=O)N[C@H](C(=O)N[C@@H](C(=O)O)C(C)C)C(C)C)CC[C@]4(C)[C@@H]3CC[C@@]21C. The standard InChI is InChI=1S/C33H49N3O6/c1-8-33(41)16-13-25-23-10-9-21-17-22(11-14-31(21,6)24(23)12-15-32(25,33)7)36-42-18-26(37)34-27(19(2)3)29(38)35-28(20(4)5)30(39)40/h1,17,19-20,23-25,27-28,41H,9-16,18H2,2-7H3,(H,34,37)(H,35,38)(H,39,40)/b36-22-/t23-,24-,25-,27+,28-,31+,32+,33-/m1/s1. The molecule has 0 aromatic heterocycles. The Balaban J connectivity index is 1.36. The van der Waals surface area contributed by atoms with Gasteiger partial charge in [0.2, 0.25) is 5.91 Å². The summed E-state index contributed by atoms with van der Waals surface area (Å²) in [5, 5.41) is 30.1. The minimum absolute atomic E-state index is 0.0825. The second kappa shape index (κ2) is 12.0. The van der Waals surface area contributed by atoms with E-state index in [1.165, 1.54) is 5.57 Å². The lowest BCUT2D eigenvalue weighted by Gasteiger charge is -2.58. The van der Waals surface area contributed by atoms with Crippen LogP contribution in [-0.4, -0.2) is 58.0 Å². The van der Waals surface area contributed by atoms with Crippen molar-refractivity contribution in [1.29, 1.82) is 0 Å². The Kier molecular flexibility index (Phi) is 9.18. The Morgan fingerprint density at radius 3 is 2.31 bits per heavy atom. The fourth-order valence-electron chi connectivity index (χ4n) is 8.58. The van der Waals surface area contributed by atoms with Crippen molar-refractivity contribution < 1.29 is 29.4 Å². The van der Waals surface area contributed by atoms with Gasteiger partial charge >= 0.3 is 5.97 Å². The van der Waals surface area contributed by atoms with Crippen LogP contribution in [0.1, 0.15) is 92.9 Å². The van der Waals surface area contributed by atoms with Gasteiger partial charge in [-0.1, -0.05) is 58.2 Å². The molecule has 0 unspecified atom stereocenters. The van der Waals surface area contributed by atoms with Crippen LogP contribution in [0.4, 0.5) is 0 Å². The van der Waals surface area contributed by atoms with Crippen LogP contribution < -0.4 is 10.6 Å². The summed E-state index contributed by atoms with van der Waals surface area (Å²) in [6.45, 7) is 11.3. The topological polar surface area (TPSA) is 137 Å². The van der Waals surface area contributed by atoms with E-state index in [-0.39, 0.29) is 29.3 Å². The highest BCUT2D eigenvalue weighted by molar-refractivity contribution is 5.96. The Morgan fingerprint density at radius 1 is 1.02 bits per heavy atom. The van der Waals surface area contributed by atoms with E-state index in [1.807, 2.05) is 0 Å². The van der Waals surface area contributed by atoms with E-state index in [9.17, 15) is 24.6 Å². The number of carboxylic acids is 1. The molecular weight excluding hydrogens is 534 g/mol. The lowest BCUT2D eigenvalue weighted by molar-refractivity contribution is -0.143. The number of aliphatic hydroxyl groups is 1. The molecule has 2 amide bonds. The second-order valence-corrected chi connectivity index (χ2v) is 14.2. The molecule has 0 saturated heterocycles. The van der Waals surface area contributed by atoms with E-state index in [2.05, 4.69) is 41.6 Å². The number of carboxylic acid groups (broad SMARTS) is 1. The second-order valence-electron chi connectivity index (χ2n) is 14.2. The number of fused-ring (bicyclic) bond motifs is 5. The van der Waals surface area contributed by atoms with Gasteiger partial charge in [-0.25, -0.2) is 4.79 Å². The van der Waals surface area contributed by atoms with Gasteiger partial charge in [0.05, 0.1) is 5.71 Å². The highest BCUT2D eigenvalue weighted by atomic mass is 16.6. The third kappa shape index (κ3) is 5.71. The number of terminal acetylenes is 1. The summed E-state index contributed by atoms with van der Waals surface area (Å²) in [5.41, 5.74) is 1.09. The number of allylic oxidation sites excluding steroid dienone is 2. The molecule has 0 heterocycles. The Bertz CT molecular complexity index is 1190. The normalized spacial score (nSPS) is 36.1. The molecule has 8 atom stereocenters. The van der Waals surface area contributed by atoms with Crippen molar-refractivity contribution in [2.45, 2.75) is 111 Å². The number of nitrogens with one attached hydrogen (secondary N) is 2. The molecule has 9 nitrogen and oxygen atoms in total. The maximum atomic E-state index is 12.8. The highest BCUT2D eigenvalue weighted by Gasteiger charge is 2.63. The molecule has 0 aromatic rings. The molecule has 0 aliphatic heterocycles. The maximum Gasteiger partial charge on any atom is 0.326 e. The summed E-state index contributed by atoms with van der Waals surface area (Å²) in [5.74, 6) is 1.62. The molecule has 4 N–H and O–H groups in total. The first-order valence-corrected chi connectivity index (χ1v) is 15.6. The number of carbonyl (C=O) groups is 3. The zero-order valence-electron chi connectivity index (χ0n) is 26.0. The number of hydrogen-bond donors (Lipinski definition) is 4. The third-order valence-corrected chi connectivity index (χ3v) is 11.2. The first kappa shape index (κ1) is 32.1. The highest BCUT2D eigenvalue weighted by Crippen LogP contribution is 2.67. The average molecular weight is 584 g/mol. The molecule has 42 heavy (non-hydrogen) atoms. The summed E-state index contributed by atoms with van der Waals surface area (Å²) in [7, 11) is 0. The van der Waals surface area contributed by atoms with Crippen LogP contribution in [0.5, 0.6) is 0 Å². The van der Waals surface area contributed by atoms with Crippen molar-refractivity contribution >= 4 is 23.5 Å². The monoisotopic (exact) mass is 583 g/mol. The Hall–Kier alpha value is -2.86. The third-order valence-electron chi connectivity index (χ3n) is 11.2. The zero-order chi connectivity index (χ0) is 31.0. The number of rotatable bonds is 9. The van der Waals surface area contributed by atoms with E-state index in [1.54, 1.807) is 27.7 Å². The van der Waals surface area contributed by atoms with Gasteiger partial charge < -0.3 is 25.7 Å². The lowest BCUT2D eigenvalue weighted by Crippen LogP contribution is -2.55. The van der Waals surface area contributed by atoms with E-state index >= 15 is 0 Å². The molecule has 9 heteroatoms. The molecule has 3 saturated carbocycles. The van der Waals surface area contributed by atoms with Gasteiger partial charge in [-0.2, -0.15) is 0 Å². The number of nitrogens with zero attached hydrogens (tertiary/aromatic N) is 1. The molecular formula is C33H49N3O6. The maximum absolute atomic E-state index is 12.8. The van der Waals surface area contributed by atoms with Crippen LogP contribution in [0.3, 0.4) is 0 Å². The van der Waals surface area contributed by atoms with Gasteiger partial charge in [0.25, 0.3) is 5.91 Å². The molecule has 0 radical (unpaired) electrons. The van der Waals surface area contributed by atoms with Gasteiger partial charge in [0, 0.05) is 5.41 Å². The molecule has 0 spiro atoms. The minimum Gasteiger partial charge on any atom is -0.480 e. The predicted octanol–water partition coefficient (Wildman–Crippen LogP) is 4.05. The summed E-state index contributed by atoms with van der Waals surface area (Å²) >= 11 is 0. The van der Waals surface area contributed by atoms with Crippen molar-refractivity contribution in [2.75, 3.05) is 6.61 Å². The largest absolute Gasteiger partial charge is 0.480 e. The van der Waals surface area contributed by atoms with Crippen molar-refractivity contribution in [2.24, 2.45) is 45.6 Å². The van der Waals surface area contributed by atoms with Crippen molar-refractivity contribution in [3.63, 3.8) is 0 Å². The predicted molar refractivity (Wildman–Crippen MR) is 160 cm³/mol. The van der Waals surface area contributed by atoms with Gasteiger partial charge in [-0.05, 0) is 92.4 Å². The molecule has 4 aliphatic carbocycles. The number of amides is 2. The number of aliphatic carboxylic acids is 1. The Morgan fingerprint density at radius 2 is 1.69 bits per heavy atom. The van der Waals surface area contributed by atoms with E-state index < -0.39 is 35.5 Å². The van der Waals surface area contributed by atoms with Crippen LogP contribution in [0.2, 0.25) is 0 Å². The van der Waals surface area contributed by atoms with Crippen molar-refractivity contribution in [1.82, 2.24) is 10.6 Å². The van der Waals surface area contributed by atoms with Gasteiger partial charge in [-0.15, -0.1) is 6.42 Å². The smallest absolute Gasteiger partial charge is 0.326 e. The van der Waals surface area contributed by atoms with Crippen LogP contribution in [0.15, 0.2) is 16.8 Å². The summed E-state index contributed by atoms with van der Waals surface area (Å²) in [6, 6.07) is -1.93. The molecule has 3 fully saturated rings. The average Bonchev–Trinajstić information content (AvgIpc) is 3.20. The van der Waals surface area contributed by atoms with E-state index in [4.69, 9.17) is 11.3 Å². The number of carbonyl (C=O) groups excluding carboxylic acids is 2. The molecule has 232 valence electrons. The fourth-order valence-corrected chi connectivity index (χ4v) is 8.58. The molecule has 4 aliphatic rings. The molecule has 0 bridgehead atoms. The molecule has 4 rings (SSSR count). The summed E-state index contributed by atoms with van der Waals surface area (Å²) < 4.78 is 0. The van der Waals surface area contributed by atoms with Gasteiger partial charge in [-0.3, -0.25) is 9.59 Å². The van der Waals surface area contributed by atoms with Gasteiger partial charge in [0.1, 0.15) is 17.7 Å². The van der Waals surface area contributed by atoms with Crippen molar-refractivity contribution in [3.05, 3.63) is 11.6 Å². The quantitative estimate of drug-likeness (QED) is 0.239. The fraction of sp³-hybridized carbons (Fsp3) is 0.758. The van der Waals surface area contributed by atoms with E-state index in [0.717, 1.165) is 50.7 Å². The summed E-state index contributed by atoms with van der Waals surface area (Å²) in [4.78, 5) is 42.3. The first-order valence-electron chi connectivity index (χ1n) is 15.6. The minimum atomic E-state index is -1.12. The first-order chi connectivity index (χ1) is 19.7. The Labute approximate surface area is 250 Å². The zero-order valence-corrected chi connectivity index (χ0v) is 26.0. The van der Waals surface area contributed by atoms with Crippen LogP contribution in [-0.2, 0) is 19.2 Å². The number of hydrogen-bond acceptors (Lipinski definition) is 6. The van der Waals surface area contributed by atoms with Crippen molar-refractivity contribution in [3.8, 4) is 12.3 Å². The van der Waals surface area contributed by atoms with Crippen LogP contribution >= 0.6 is 0 Å². The molecule has 0 aromatic carbocycles. The summed E-state index contributed by atoms with van der Waals surface area (Å²) in [6.07, 6.45) is 15.5. The number of oxime groups is 1. The van der Waals surface area contributed by atoms with E-state index in [0.29, 0.717) is 24.2 Å². The van der Waals surface area contributed by atoms with Gasteiger partial charge in [0.15, 0.2) is 6.61 Å².